The number of nitro groups is 1. The van der Waals surface area contributed by atoms with Crippen LogP contribution in [-0.4, -0.2) is 35.0 Å². The Labute approximate surface area is 113 Å². The summed E-state index contributed by atoms with van der Waals surface area (Å²) >= 11 is 0. The molecule has 0 atom stereocenters. The highest BCUT2D eigenvalue weighted by molar-refractivity contribution is 5.62. The molecule has 1 aromatic heterocycles. The molecular weight excluding hydrogens is 246 g/mol. The quantitative estimate of drug-likeness (QED) is 0.629. The largest absolute Gasteiger partial charge is 0.357 e. The van der Waals surface area contributed by atoms with E-state index in [2.05, 4.69) is 29.1 Å². The third kappa shape index (κ3) is 3.10. The summed E-state index contributed by atoms with van der Waals surface area (Å²) in [6, 6.07) is 0.220. The highest BCUT2D eigenvalue weighted by atomic mass is 16.6. The van der Waals surface area contributed by atoms with E-state index < -0.39 is 4.92 Å². The van der Waals surface area contributed by atoms with Gasteiger partial charge in [-0.15, -0.1) is 0 Å². The first-order chi connectivity index (χ1) is 8.96. The summed E-state index contributed by atoms with van der Waals surface area (Å²) in [4.78, 5) is 21.0. The van der Waals surface area contributed by atoms with E-state index in [1.54, 1.807) is 14.0 Å². The normalized spacial score (nSPS) is 10.6. The summed E-state index contributed by atoms with van der Waals surface area (Å²) in [7, 11) is 3.54. The van der Waals surface area contributed by atoms with Crippen LogP contribution in [0.25, 0.3) is 0 Å². The minimum atomic E-state index is -0.414. The van der Waals surface area contributed by atoms with Crippen LogP contribution in [-0.2, 0) is 0 Å². The van der Waals surface area contributed by atoms with E-state index in [0.717, 1.165) is 12.8 Å². The molecule has 7 nitrogen and oxygen atoms in total. The van der Waals surface area contributed by atoms with Crippen molar-refractivity contribution in [1.29, 1.82) is 0 Å². The summed E-state index contributed by atoms with van der Waals surface area (Å²) in [5.74, 6) is 0.770. The average molecular weight is 267 g/mol. The van der Waals surface area contributed by atoms with E-state index in [9.17, 15) is 10.1 Å². The Hall–Kier alpha value is -1.92. The number of aryl methyl sites for hydroxylation is 1. The van der Waals surface area contributed by atoms with Crippen LogP contribution in [0.1, 0.15) is 32.4 Å². The maximum absolute atomic E-state index is 11.2. The number of nitrogens with one attached hydrogen (secondary N) is 1. The molecule has 0 aliphatic rings. The molecular formula is C12H21N5O2. The molecule has 19 heavy (non-hydrogen) atoms. The van der Waals surface area contributed by atoms with E-state index in [1.165, 1.54) is 0 Å². The first-order valence-electron chi connectivity index (χ1n) is 6.39. The van der Waals surface area contributed by atoms with E-state index in [0.29, 0.717) is 17.5 Å². The maximum Gasteiger partial charge on any atom is 0.332 e. The van der Waals surface area contributed by atoms with Gasteiger partial charge >= 0.3 is 5.69 Å². The van der Waals surface area contributed by atoms with Gasteiger partial charge in [-0.2, -0.15) is 4.98 Å². The standard InChI is InChI=1S/C12H21N5O2/c1-6-9(7-2)16(5)11-10(17(18)19)8(3)14-12(13-4)15-11/h9H,6-7H2,1-5H3,(H,13,14,15). The molecule has 0 aliphatic carbocycles. The van der Waals surface area contributed by atoms with Crippen molar-refractivity contribution in [3.63, 3.8) is 0 Å². The van der Waals surface area contributed by atoms with Crippen molar-refractivity contribution in [2.75, 3.05) is 24.3 Å². The molecule has 1 N–H and O–H groups in total. The van der Waals surface area contributed by atoms with Gasteiger partial charge in [-0.1, -0.05) is 13.8 Å². The number of hydrogen-bond acceptors (Lipinski definition) is 6. The Bertz CT molecular complexity index is 460. The first-order valence-corrected chi connectivity index (χ1v) is 6.39. The second-order valence-electron chi connectivity index (χ2n) is 4.39. The van der Waals surface area contributed by atoms with Crippen LogP contribution in [0.3, 0.4) is 0 Å². The van der Waals surface area contributed by atoms with Gasteiger partial charge in [-0.05, 0) is 19.8 Å². The monoisotopic (exact) mass is 267 g/mol. The maximum atomic E-state index is 11.2. The zero-order valence-electron chi connectivity index (χ0n) is 12.1. The SMILES string of the molecule is CCC(CC)N(C)c1nc(NC)nc(C)c1[N+](=O)[O-]. The number of anilines is 2. The molecule has 0 amide bonds. The van der Waals surface area contributed by atoms with Crippen molar-refractivity contribution in [2.24, 2.45) is 0 Å². The molecule has 1 aromatic rings. The van der Waals surface area contributed by atoms with Gasteiger partial charge in [0.15, 0.2) is 0 Å². The van der Waals surface area contributed by atoms with Crippen LogP contribution in [0.2, 0.25) is 0 Å². The lowest BCUT2D eigenvalue weighted by Crippen LogP contribution is -2.32. The average Bonchev–Trinajstić information content (AvgIpc) is 2.38. The molecule has 0 saturated carbocycles. The molecule has 7 heteroatoms. The van der Waals surface area contributed by atoms with Gasteiger partial charge in [-0.3, -0.25) is 10.1 Å². The van der Waals surface area contributed by atoms with Crippen molar-refractivity contribution < 1.29 is 4.92 Å². The number of hydrogen-bond donors (Lipinski definition) is 1. The third-order valence-corrected chi connectivity index (χ3v) is 3.27. The Morgan fingerprint density at radius 1 is 1.37 bits per heavy atom. The fourth-order valence-corrected chi connectivity index (χ4v) is 2.13. The number of nitrogens with zero attached hydrogens (tertiary/aromatic N) is 4. The molecule has 0 unspecified atom stereocenters. The molecule has 0 bridgehead atoms. The zero-order valence-corrected chi connectivity index (χ0v) is 12.1. The molecule has 1 heterocycles. The second-order valence-corrected chi connectivity index (χ2v) is 4.39. The topological polar surface area (TPSA) is 84.2 Å². The van der Waals surface area contributed by atoms with E-state index >= 15 is 0 Å². The van der Waals surface area contributed by atoms with Crippen LogP contribution in [0.4, 0.5) is 17.5 Å². The van der Waals surface area contributed by atoms with Gasteiger partial charge in [0.1, 0.15) is 5.69 Å². The number of rotatable bonds is 6. The molecule has 0 fully saturated rings. The Balaban J connectivity index is 3.37. The third-order valence-electron chi connectivity index (χ3n) is 3.27. The van der Waals surface area contributed by atoms with Gasteiger partial charge in [0.2, 0.25) is 11.8 Å². The molecule has 106 valence electrons. The smallest absolute Gasteiger partial charge is 0.332 e. The van der Waals surface area contributed by atoms with Gasteiger partial charge < -0.3 is 10.2 Å². The van der Waals surface area contributed by atoms with E-state index in [1.807, 2.05) is 11.9 Å². The molecule has 1 rings (SSSR count). The van der Waals surface area contributed by atoms with Crippen molar-refractivity contribution in [3.8, 4) is 0 Å². The predicted octanol–water partition coefficient (Wildman–Crippen LogP) is 2.36. The van der Waals surface area contributed by atoms with E-state index in [-0.39, 0.29) is 11.7 Å². The molecule has 0 saturated heterocycles. The molecule has 0 spiro atoms. The van der Waals surface area contributed by atoms with Crippen molar-refractivity contribution in [1.82, 2.24) is 9.97 Å². The second kappa shape index (κ2) is 6.31. The van der Waals surface area contributed by atoms with Crippen LogP contribution in [0.15, 0.2) is 0 Å². The summed E-state index contributed by atoms with van der Waals surface area (Å²) in [5, 5.41) is 14.1. The Morgan fingerprint density at radius 3 is 2.37 bits per heavy atom. The lowest BCUT2D eigenvalue weighted by atomic mass is 10.1. The first kappa shape index (κ1) is 15.1. The van der Waals surface area contributed by atoms with Gasteiger partial charge in [0.05, 0.1) is 4.92 Å². The summed E-state index contributed by atoms with van der Waals surface area (Å²) in [5.41, 5.74) is 0.352. The van der Waals surface area contributed by atoms with Crippen molar-refractivity contribution >= 4 is 17.5 Å². The fraction of sp³-hybridized carbons (Fsp3) is 0.667. The van der Waals surface area contributed by atoms with Gasteiger partial charge in [0.25, 0.3) is 0 Å². The predicted molar refractivity (Wildman–Crippen MR) is 75.7 cm³/mol. The summed E-state index contributed by atoms with van der Waals surface area (Å²) in [6.07, 6.45) is 1.81. The molecule has 0 aromatic carbocycles. The number of aromatic nitrogens is 2. The summed E-state index contributed by atoms with van der Waals surface area (Å²) < 4.78 is 0. The fourth-order valence-electron chi connectivity index (χ4n) is 2.13. The van der Waals surface area contributed by atoms with Crippen molar-refractivity contribution in [3.05, 3.63) is 15.8 Å². The Kier molecular flexibility index (Phi) is 5.02. The lowest BCUT2D eigenvalue weighted by Gasteiger charge is -2.27. The van der Waals surface area contributed by atoms with Crippen molar-refractivity contribution in [2.45, 2.75) is 39.7 Å². The lowest BCUT2D eigenvalue weighted by molar-refractivity contribution is -0.385. The zero-order chi connectivity index (χ0) is 14.6. The molecule has 0 aliphatic heterocycles. The molecule has 0 radical (unpaired) electrons. The van der Waals surface area contributed by atoms with Crippen LogP contribution in [0.5, 0.6) is 0 Å². The minimum absolute atomic E-state index is 0.0200. The van der Waals surface area contributed by atoms with Crippen LogP contribution in [0, 0.1) is 17.0 Å². The Morgan fingerprint density at radius 2 is 1.95 bits per heavy atom. The van der Waals surface area contributed by atoms with Crippen LogP contribution >= 0.6 is 0 Å². The summed E-state index contributed by atoms with van der Waals surface area (Å²) in [6.45, 7) is 5.75. The van der Waals surface area contributed by atoms with Crippen LogP contribution < -0.4 is 10.2 Å². The van der Waals surface area contributed by atoms with E-state index in [4.69, 9.17) is 0 Å². The highest BCUT2D eigenvalue weighted by Gasteiger charge is 2.27. The van der Waals surface area contributed by atoms with Gasteiger partial charge in [-0.25, -0.2) is 4.98 Å². The van der Waals surface area contributed by atoms with Gasteiger partial charge in [0, 0.05) is 20.1 Å². The highest BCUT2D eigenvalue weighted by Crippen LogP contribution is 2.31. The minimum Gasteiger partial charge on any atom is -0.357 e.